The Morgan fingerprint density at radius 3 is 1.11 bits per heavy atom. The Bertz CT molecular complexity index is 1690. The van der Waals surface area contributed by atoms with Crippen molar-refractivity contribution in [2.75, 3.05) is 7.05 Å². The molecular weight excluding hydrogens is 852 g/mol. The molecule has 6 rings (SSSR count). The van der Waals surface area contributed by atoms with Crippen molar-refractivity contribution < 1.29 is 69.8 Å². The monoisotopic (exact) mass is 883 g/mol. The van der Waals surface area contributed by atoms with Crippen LogP contribution in [0.5, 0.6) is 0 Å². The summed E-state index contributed by atoms with van der Waals surface area (Å²) in [5.41, 5.74) is -6.29. The summed E-state index contributed by atoms with van der Waals surface area (Å²) in [5.74, 6) is 0.537. The number of nitrogens with zero attached hydrogens (tertiary/aromatic N) is 1. The van der Waals surface area contributed by atoms with Crippen molar-refractivity contribution in [1.82, 2.24) is 4.67 Å². The van der Waals surface area contributed by atoms with E-state index in [4.69, 9.17) is 0 Å². The van der Waals surface area contributed by atoms with Gasteiger partial charge in [0.1, 0.15) is 0 Å². The van der Waals surface area contributed by atoms with E-state index in [-0.39, 0.29) is 29.2 Å². The molecule has 16 heteroatoms. The summed E-state index contributed by atoms with van der Waals surface area (Å²) in [4.78, 5) is 0. The Morgan fingerprint density at radius 1 is 0.456 bits per heavy atom. The van der Waals surface area contributed by atoms with Crippen LogP contribution in [0.1, 0.15) is 29.2 Å². The maximum atomic E-state index is 14.0. The van der Waals surface area contributed by atoms with E-state index < -0.39 is 79.6 Å². The first-order chi connectivity index (χ1) is 26.2. The van der Waals surface area contributed by atoms with Crippen LogP contribution in [0.15, 0.2) is 97.1 Å². The van der Waals surface area contributed by atoms with Gasteiger partial charge in [-0.25, -0.2) is 0 Å². The van der Waals surface area contributed by atoms with Crippen molar-refractivity contribution in [2.24, 2.45) is 0 Å². The minimum Gasteiger partial charge on any atom is -0.274 e. The Balaban J connectivity index is 0.00000111. The number of benzene rings is 4. The minimum absolute atomic E-state index is 0. The van der Waals surface area contributed by atoms with E-state index in [1.165, 1.54) is 11.7 Å². The van der Waals surface area contributed by atoms with E-state index in [9.17, 15) is 52.7 Å². The van der Waals surface area contributed by atoms with E-state index in [2.05, 4.69) is 0 Å². The van der Waals surface area contributed by atoms with E-state index in [0.717, 1.165) is 16.3 Å². The summed E-state index contributed by atoms with van der Waals surface area (Å²) in [5, 5.41) is 0.304. The van der Waals surface area contributed by atoms with E-state index in [0.29, 0.717) is 30.2 Å². The molecule has 0 spiro atoms. The van der Waals surface area contributed by atoms with Crippen LogP contribution in [0, 0.1) is 62.9 Å². The molecule has 1 nitrogen and oxygen atoms in total. The molecule has 2 aliphatic rings. The van der Waals surface area contributed by atoms with Gasteiger partial charge < -0.3 is 0 Å². The van der Waals surface area contributed by atoms with Crippen LogP contribution in [-0.4, -0.2) is 17.8 Å². The van der Waals surface area contributed by atoms with Gasteiger partial charge >= 0.3 is 41.8 Å². The molecule has 300 valence electrons. The van der Waals surface area contributed by atoms with Crippen LogP contribution in [0.25, 0.3) is 0 Å². The second kappa shape index (κ2) is 19.2. The van der Waals surface area contributed by atoms with Crippen LogP contribution in [0.3, 0.4) is 0 Å². The zero-order valence-electron chi connectivity index (χ0n) is 29.7. The number of hydrogen-bond acceptors (Lipinski definition) is 1. The van der Waals surface area contributed by atoms with Gasteiger partial charge in [-0.3, -0.25) is 4.67 Å². The fourth-order valence-corrected chi connectivity index (χ4v) is 11.0. The van der Waals surface area contributed by atoms with E-state index >= 15 is 0 Å². The quantitative estimate of drug-likeness (QED) is 0.0968. The van der Waals surface area contributed by atoms with Crippen LogP contribution in [0.2, 0.25) is 0 Å². The van der Waals surface area contributed by atoms with Gasteiger partial charge in [0.25, 0.3) is 0 Å². The van der Waals surface area contributed by atoms with Crippen molar-refractivity contribution >= 4 is 37.2 Å². The SMILES string of the molecule is C[C@H]([C]1[CH][CH][CH][C]1P(c1ccccc1)c1ccccc1)N(C)P(c1cc(C(F)(F)F)cc(C(F)(F)F)c1)c1cc(C(F)(F)F)cc(C(F)(F)F)c1.[CH]1[CH][CH][CH][CH]1.[Fe+2]. The van der Waals surface area contributed by atoms with Crippen molar-refractivity contribution in [3.8, 4) is 0 Å². The van der Waals surface area contributed by atoms with Gasteiger partial charge in [0.15, 0.2) is 0 Å². The van der Waals surface area contributed by atoms with Crippen LogP contribution in [-0.2, 0) is 41.8 Å². The normalized spacial score (nSPS) is 16.5. The van der Waals surface area contributed by atoms with Gasteiger partial charge in [0.2, 0.25) is 0 Å². The smallest absolute Gasteiger partial charge is 0.274 e. The summed E-state index contributed by atoms with van der Waals surface area (Å²) in [6.45, 7) is 1.55. The molecule has 0 aliphatic heterocycles. The summed E-state index contributed by atoms with van der Waals surface area (Å²) in [7, 11) is -2.96. The second-order valence-electron chi connectivity index (χ2n) is 12.4. The molecule has 0 amide bonds. The molecule has 10 radical (unpaired) electrons. The number of rotatable bonds is 8. The van der Waals surface area contributed by atoms with E-state index in [1.54, 1.807) is 26.2 Å². The van der Waals surface area contributed by atoms with Crippen molar-refractivity contribution in [2.45, 2.75) is 37.7 Å². The number of alkyl halides is 12. The van der Waals surface area contributed by atoms with Crippen LogP contribution >= 0.6 is 16.0 Å². The van der Waals surface area contributed by atoms with Gasteiger partial charge in [-0.15, -0.1) is 0 Å². The second-order valence-corrected chi connectivity index (χ2v) is 16.9. The maximum Gasteiger partial charge on any atom is 2.00 e. The molecule has 57 heavy (non-hydrogen) atoms. The van der Waals surface area contributed by atoms with Crippen molar-refractivity contribution in [1.29, 1.82) is 0 Å². The van der Waals surface area contributed by atoms with E-state index in [1.807, 2.05) is 92.8 Å². The fourth-order valence-electron chi connectivity index (χ4n) is 5.89. The number of hydrogen-bond donors (Lipinski definition) is 0. The molecule has 4 aromatic carbocycles. The van der Waals surface area contributed by atoms with Gasteiger partial charge in [0, 0.05) is 25.7 Å². The van der Waals surface area contributed by atoms with Gasteiger partial charge in [-0.05, 0) is 131 Å². The third-order valence-electron chi connectivity index (χ3n) is 8.61. The first-order valence-corrected chi connectivity index (χ1v) is 19.2. The molecule has 0 aromatic heterocycles. The zero-order chi connectivity index (χ0) is 41.1. The average Bonchev–Trinajstić information content (AvgIpc) is 3.88. The standard InChI is InChI=1S/C36H26F12NP2.C5H5.Fe/c1-22(31-14-9-15-32(31)50(27-10-5-3-6-11-27)28-12-7-4-8-13-28)49(2)51(29-18-23(33(37,38)39)16-24(19-29)34(40,41)42)30-20-25(35(43,44)45)17-26(21-30)36(46,47)48;1-2-4-5-3-1;/h3-22H,1-2H3;1-5H;/q;;+2/t22-;;/m1../s1. The molecule has 4 aromatic rings. The molecule has 1 atom stereocenters. The first kappa shape index (κ1) is 47.1. The van der Waals surface area contributed by atoms with Gasteiger partial charge in [0.05, 0.1) is 22.3 Å². The molecule has 2 saturated carbocycles. The molecular formula is C41H31F12FeNP2+2. The molecule has 2 fully saturated rings. The topological polar surface area (TPSA) is 3.24 Å². The molecule has 0 heterocycles. The maximum absolute atomic E-state index is 14.0. The van der Waals surface area contributed by atoms with Gasteiger partial charge in [-0.2, -0.15) is 52.7 Å². The largest absolute Gasteiger partial charge is 2.00 e. The van der Waals surface area contributed by atoms with Crippen molar-refractivity contribution in [3.05, 3.63) is 182 Å². The van der Waals surface area contributed by atoms with Crippen LogP contribution in [0.4, 0.5) is 52.7 Å². The molecule has 0 saturated heterocycles. The molecule has 0 N–H and O–H groups in total. The van der Waals surface area contributed by atoms with Gasteiger partial charge in [-0.1, -0.05) is 60.7 Å². The number of halogens is 12. The summed E-state index contributed by atoms with van der Waals surface area (Å²) >= 11 is 0. The predicted molar refractivity (Wildman–Crippen MR) is 196 cm³/mol. The summed E-state index contributed by atoms with van der Waals surface area (Å²) in [6, 6.07) is 18.6. The molecule has 2 aliphatic carbocycles. The average molecular weight is 883 g/mol. The zero-order valence-corrected chi connectivity index (χ0v) is 32.6. The Labute approximate surface area is 337 Å². The fraction of sp³-hybridized carbons (Fsp3) is 0.171. The Hall–Kier alpha value is -2.62. The third kappa shape index (κ3) is 12.0. The predicted octanol–water partition coefficient (Wildman–Crippen LogP) is 11.3. The minimum atomic E-state index is -5.33. The molecule has 0 unspecified atom stereocenters. The third-order valence-corrected chi connectivity index (χ3v) is 13.6. The summed E-state index contributed by atoms with van der Waals surface area (Å²) < 4.78 is 170. The van der Waals surface area contributed by atoms with Crippen molar-refractivity contribution in [3.63, 3.8) is 0 Å². The Morgan fingerprint density at radius 2 is 0.789 bits per heavy atom. The summed E-state index contributed by atoms with van der Waals surface area (Å²) in [6.07, 6.45) is -6.15. The molecule has 0 bridgehead atoms. The van der Waals surface area contributed by atoms with Crippen LogP contribution < -0.4 is 21.2 Å². The first-order valence-electron chi connectivity index (χ1n) is 16.6. The Kier molecular flexibility index (Phi) is 15.8.